The lowest BCUT2D eigenvalue weighted by molar-refractivity contribution is 0.317. The van der Waals surface area contributed by atoms with Gasteiger partial charge < -0.3 is 11.1 Å². The molecule has 0 spiro atoms. The predicted octanol–water partition coefficient (Wildman–Crippen LogP) is 6.79. The van der Waals surface area contributed by atoms with Gasteiger partial charge in [0.25, 0.3) is 0 Å². The number of unbranched alkanes of at least 4 members (excludes halogenated alkanes) is 1. The molecular weight excluding hydrogens is 507 g/mol. The lowest BCUT2D eigenvalue weighted by atomic mass is 9.34. The molecule has 218 valence electrons. The molecule has 0 saturated carbocycles. The Morgan fingerprint density at radius 1 is 0.690 bits per heavy atom. The Balaban J connectivity index is 1.79. The molecule has 3 heteroatoms. The lowest BCUT2D eigenvalue weighted by Gasteiger charge is -2.39. The van der Waals surface area contributed by atoms with Crippen LogP contribution in [0.25, 0.3) is 11.1 Å². The van der Waals surface area contributed by atoms with Crippen molar-refractivity contribution in [3.63, 3.8) is 0 Å². The number of aryl methyl sites for hydroxylation is 6. The van der Waals surface area contributed by atoms with Gasteiger partial charge in [-0.3, -0.25) is 0 Å². The minimum atomic E-state index is -0.378. The second-order valence-electron chi connectivity index (χ2n) is 12.9. The van der Waals surface area contributed by atoms with Crippen molar-refractivity contribution in [1.82, 2.24) is 5.32 Å². The molecule has 2 atom stereocenters. The first kappa shape index (κ1) is 30.3. The Kier molecular flexibility index (Phi) is 8.83. The van der Waals surface area contributed by atoms with E-state index in [1.165, 1.54) is 72.0 Å². The van der Waals surface area contributed by atoms with Crippen molar-refractivity contribution in [2.45, 2.75) is 92.7 Å². The molecule has 4 aromatic carbocycles. The summed E-state index contributed by atoms with van der Waals surface area (Å²) in [5.74, 6) is 0. The molecule has 3 N–H and O–H groups in total. The molecule has 0 heterocycles. The highest BCUT2D eigenvalue weighted by Crippen LogP contribution is 2.49. The van der Waals surface area contributed by atoms with Crippen molar-refractivity contribution in [2.75, 3.05) is 6.54 Å². The second-order valence-corrected chi connectivity index (χ2v) is 12.9. The minimum absolute atomic E-state index is 0.00780. The third-order valence-electron chi connectivity index (χ3n) is 9.59. The van der Waals surface area contributed by atoms with E-state index in [0.717, 1.165) is 32.2 Å². The lowest BCUT2D eigenvalue weighted by Crippen LogP contribution is -2.57. The van der Waals surface area contributed by atoms with Crippen molar-refractivity contribution in [3.05, 3.63) is 111 Å². The molecule has 4 aromatic rings. The van der Waals surface area contributed by atoms with Gasteiger partial charge in [-0.05, 0) is 83.2 Å². The fourth-order valence-electron chi connectivity index (χ4n) is 8.00. The number of fused-ring (bicyclic) bond motifs is 3. The van der Waals surface area contributed by atoms with E-state index in [1.54, 1.807) is 0 Å². The quantitative estimate of drug-likeness (QED) is 0.167. The first-order valence-electron chi connectivity index (χ1n) is 16.0. The van der Waals surface area contributed by atoms with Crippen molar-refractivity contribution in [2.24, 2.45) is 5.73 Å². The molecule has 0 saturated heterocycles. The summed E-state index contributed by atoms with van der Waals surface area (Å²) in [5.41, 5.74) is 24.4. The molecule has 0 radical (unpaired) electrons. The van der Waals surface area contributed by atoms with E-state index in [9.17, 15) is 0 Å². The van der Waals surface area contributed by atoms with Crippen molar-refractivity contribution in [1.29, 1.82) is 0 Å². The maximum Gasteiger partial charge on any atom is 0.242 e. The van der Waals surface area contributed by atoms with Crippen LogP contribution in [0.15, 0.2) is 66.7 Å². The summed E-state index contributed by atoms with van der Waals surface area (Å²) in [5, 5.41) is 4.03. The number of benzene rings is 4. The molecule has 0 aliphatic heterocycles. The van der Waals surface area contributed by atoms with Gasteiger partial charge in [0.15, 0.2) is 0 Å². The molecule has 5 rings (SSSR count). The average Bonchev–Trinajstić information content (AvgIpc) is 3.21. The van der Waals surface area contributed by atoms with E-state index in [0.29, 0.717) is 0 Å². The fourth-order valence-corrected chi connectivity index (χ4v) is 8.00. The summed E-state index contributed by atoms with van der Waals surface area (Å²) >= 11 is 0. The summed E-state index contributed by atoms with van der Waals surface area (Å²) in [6.07, 6.45) is 4.33. The second kappa shape index (κ2) is 12.2. The number of nitrogens with one attached hydrogen (secondary N) is 1. The van der Waals surface area contributed by atoms with Crippen LogP contribution in [0.5, 0.6) is 0 Å². The molecule has 1 aliphatic carbocycles. The molecule has 0 bridgehead atoms. The van der Waals surface area contributed by atoms with E-state index >= 15 is 0 Å². The van der Waals surface area contributed by atoms with Crippen LogP contribution < -0.4 is 27.4 Å². The van der Waals surface area contributed by atoms with Crippen LogP contribution in [0.1, 0.15) is 84.0 Å². The zero-order valence-electron chi connectivity index (χ0n) is 27.1. The van der Waals surface area contributed by atoms with E-state index in [-0.39, 0.29) is 18.3 Å². The molecule has 42 heavy (non-hydrogen) atoms. The largest absolute Gasteiger partial charge is 0.326 e. The summed E-state index contributed by atoms with van der Waals surface area (Å²) in [6.45, 7) is 19.2. The van der Waals surface area contributed by atoms with Gasteiger partial charge in [-0.2, -0.15) is 0 Å². The van der Waals surface area contributed by atoms with Gasteiger partial charge in [0.2, 0.25) is 6.71 Å². The highest BCUT2D eigenvalue weighted by atomic mass is 15.0. The van der Waals surface area contributed by atoms with Crippen LogP contribution in [0.2, 0.25) is 0 Å². The van der Waals surface area contributed by atoms with Crippen molar-refractivity contribution in [3.8, 4) is 11.1 Å². The summed E-state index contributed by atoms with van der Waals surface area (Å²) in [4.78, 5) is 0. The Morgan fingerprint density at radius 2 is 1.24 bits per heavy atom. The van der Waals surface area contributed by atoms with E-state index in [4.69, 9.17) is 5.73 Å². The maximum absolute atomic E-state index is 7.16. The van der Waals surface area contributed by atoms with Gasteiger partial charge in [0.1, 0.15) is 0 Å². The third kappa shape index (κ3) is 5.16. The molecule has 2 unspecified atom stereocenters. The average molecular weight is 557 g/mol. The molecular formula is C39H49BN2. The topological polar surface area (TPSA) is 38.0 Å². The summed E-state index contributed by atoms with van der Waals surface area (Å²) in [6, 6.07) is 25.7. The van der Waals surface area contributed by atoms with Gasteiger partial charge in [0, 0.05) is 6.04 Å². The van der Waals surface area contributed by atoms with Crippen molar-refractivity contribution < 1.29 is 0 Å². The van der Waals surface area contributed by atoms with Gasteiger partial charge in [0.05, 0.1) is 5.54 Å². The standard InChI is InChI=1S/C39H49BN2/c1-9-11-19-42-39(36(41)14-10-2)34-16-13-12-15-32(34)33-24-31(17-18-35(33)39)40(37-27(5)20-25(3)21-28(37)6)38-29(7)22-26(4)23-30(38)8/h12-13,15-18,20-24,36,42H,9-11,14,19,41H2,1-8H3. The van der Waals surface area contributed by atoms with Gasteiger partial charge >= 0.3 is 0 Å². The molecule has 0 amide bonds. The van der Waals surface area contributed by atoms with E-state index in [1.807, 2.05) is 0 Å². The summed E-state index contributed by atoms with van der Waals surface area (Å²) < 4.78 is 0. The van der Waals surface area contributed by atoms with Crippen LogP contribution in [-0.2, 0) is 5.54 Å². The first-order valence-corrected chi connectivity index (χ1v) is 16.0. The normalized spacial score (nSPS) is 16.3. The van der Waals surface area contributed by atoms with Crippen LogP contribution >= 0.6 is 0 Å². The number of hydrogen-bond donors (Lipinski definition) is 2. The van der Waals surface area contributed by atoms with E-state index < -0.39 is 0 Å². The smallest absolute Gasteiger partial charge is 0.242 e. The Morgan fingerprint density at radius 3 is 1.79 bits per heavy atom. The van der Waals surface area contributed by atoms with Crippen LogP contribution in [0, 0.1) is 41.5 Å². The summed E-state index contributed by atoms with van der Waals surface area (Å²) in [7, 11) is 0. The zero-order chi connectivity index (χ0) is 30.2. The number of rotatable bonds is 10. The van der Waals surface area contributed by atoms with Gasteiger partial charge in [-0.25, -0.2) is 0 Å². The van der Waals surface area contributed by atoms with E-state index in [2.05, 4.69) is 127 Å². The first-order chi connectivity index (χ1) is 20.1. The predicted molar refractivity (Wildman–Crippen MR) is 184 cm³/mol. The molecule has 0 fully saturated rings. The number of hydrogen-bond acceptors (Lipinski definition) is 2. The molecule has 0 aromatic heterocycles. The minimum Gasteiger partial charge on any atom is -0.326 e. The van der Waals surface area contributed by atoms with Crippen LogP contribution in [0.4, 0.5) is 0 Å². The van der Waals surface area contributed by atoms with Crippen LogP contribution in [0.3, 0.4) is 0 Å². The van der Waals surface area contributed by atoms with Crippen molar-refractivity contribution >= 4 is 23.1 Å². The Hall–Kier alpha value is -3.14. The van der Waals surface area contributed by atoms with Gasteiger partial charge in [-0.1, -0.05) is 143 Å². The maximum atomic E-state index is 7.16. The molecule has 1 aliphatic rings. The van der Waals surface area contributed by atoms with Gasteiger partial charge in [-0.15, -0.1) is 0 Å². The highest BCUT2D eigenvalue weighted by Gasteiger charge is 2.47. The third-order valence-corrected chi connectivity index (χ3v) is 9.59. The number of nitrogens with two attached hydrogens (primary N) is 1. The SMILES string of the molecule is CCCCNC1(C(N)CCC)c2ccccc2-c2cc(B(c3c(C)cc(C)cc3C)c3c(C)cc(C)cc3C)ccc21. The highest BCUT2D eigenvalue weighted by molar-refractivity contribution is 6.96. The monoisotopic (exact) mass is 556 g/mol. The Labute approximate surface area is 255 Å². The zero-order valence-corrected chi connectivity index (χ0v) is 27.1. The Bertz CT molecular complexity index is 1500. The molecule has 2 nitrogen and oxygen atoms in total. The van der Waals surface area contributed by atoms with Crippen LogP contribution in [-0.4, -0.2) is 19.3 Å². The fraction of sp³-hybridized carbons (Fsp3) is 0.385.